The Kier molecular flexibility index (Phi) is 24.5. The summed E-state index contributed by atoms with van der Waals surface area (Å²) in [5.74, 6) is -0.726. The Balaban J connectivity index is -0.000000314. The number of nitrogens with zero attached hydrogens (tertiary/aromatic N) is 1. The second-order valence-electron chi connectivity index (χ2n) is 7.07. The van der Waals surface area contributed by atoms with Gasteiger partial charge in [0.05, 0.1) is 12.3 Å². The molecule has 2 fully saturated rings. The number of carbonyl (C=O) groups excluding carboxylic acids is 1. The van der Waals surface area contributed by atoms with E-state index in [0.717, 1.165) is 13.0 Å². The van der Waals surface area contributed by atoms with Gasteiger partial charge in [0.15, 0.2) is 12.1 Å². The van der Waals surface area contributed by atoms with E-state index in [1.165, 1.54) is 0 Å². The van der Waals surface area contributed by atoms with Gasteiger partial charge in [0.1, 0.15) is 24.4 Å². The van der Waals surface area contributed by atoms with Crippen molar-refractivity contribution < 1.29 is 142 Å². The van der Waals surface area contributed by atoms with Gasteiger partial charge in [-0.15, -0.1) is 12.4 Å². The molecule has 0 aromatic carbocycles. The fourth-order valence-electron chi connectivity index (χ4n) is 2.71. The molecule has 32 heavy (non-hydrogen) atoms. The van der Waals surface area contributed by atoms with Gasteiger partial charge in [-0.05, 0) is 48.5 Å². The second-order valence-corrected chi connectivity index (χ2v) is 8.43. The van der Waals surface area contributed by atoms with Crippen molar-refractivity contribution in [3.63, 3.8) is 0 Å². The molecule has 2 aliphatic rings. The molecule has 0 radical (unpaired) electrons. The predicted molar refractivity (Wildman–Crippen MR) is 95.0 cm³/mol. The number of hydrogen-bond acceptors (Lipinski definition) is 12. The first-order valence-electron chi connectivity index (χ1n) is 8.58. The topological polar surface area (TPSA) is 184 Å². The van der Waals surface area contributed by atoms with E-state index in [9.17, 15) is 5.11 Å². The Morgan fingerprint density at radius 3 is 2.12 bits per heavy atom. The number of hydrogen-bond donors (Lipinski definition) is 2. The summed E-state index contributed by atoms with van der Waals surface area (Å²) in [5.41, 5.74) is -2.56. The van der Waals surface area contributed by atoms with Gasteiger partial charge >= 0.3 is 88.7 Å². The molecule has 5 atom stereocenters. The Morgan fingerprint density at radius 1 is 1.22 bits per heavy atom. The molecule has 12 nitrogen and oxygen atoms in total. The molecular formula is C15H28ClNNa3O11P. The number of rotatable bonds is 8. The molecule has 2 N–H and O–H groups in total. The number of aliphatic hydroxyl groups is 2. The summed E-state index contributed by atoms with van der Waals surface area (Å²) in [7, 11) is -1.43. The maximum absolute atomic E-state index is 9.88. The van der Waals surface area contributed by atoms with E-state index in [2.05, 4.69) is 4.90 Å². The fraction of sp³-hybridized carbons (Fsp3) is 0.933. The minimum Gasteiger partial charge on any atom is -0.807 e. The third-order valence-corrected chi connectivity index (χ3v) is 4.32. The van der Waals surface area contributed by atoms with Gasteiger partial charge in [0.2, 0.25) is 0 Å². The number of halogens is 1. The zero-order valence-electron chi connectivity index (χ0n) is 19.6. The first-order valence-corrected chi connectivity index (χ1v) is 10.1. The zero-order chi connectivity index (χ0) is 21.7. The minimum atomic E-state index is -5.43. The van der Waals surface area contributed by atoms with Crippen molar-refractivity contribution in [2.24, 2.45) is 0 Å². The van der Waals surface area contributed by atoms with E-state index in [-0.39, 0.29) is 114 Å². The number of carbonyl (C=O) groups is 1. The zero-order valence-corrected chi connectivity index (χ0v) is 27.3. The summed E-state index contributed by atoms with van der Waals surface area (Å²) < 4.78 is 32.1. The van der Waals surface area contributed by atoms with E-state index < -0.39 is 43.7 Å². The van der Waals surface area contributed by atoms with Crippen LogP contribution in [0.1, 0.15) is 20.3 Å². The molecule has 0 aliphatic carbocycles. The van der Waals surface area contributed by atoms with Crippen LogP contribution in [0.4, 0.5) is 4.79 Å². The largest absolute Gasteiger partial charge is 1.00 e. The normalized spacial score (nSPS) is 26.2. The Labute approximate surface area is 260 Å². The smallest absolute Gasteiger partial charge is 0.807 e. The summed E-state index contributed by atoms with van der Waals surface area (Å²) in [6, 6.07) is 0. The first kappa shape index (κ1) is 41.7. The quantitative estimate of drug-likeness (QED) is 0.171. The van der Waals surface area contributed by atoms with Crippen LogP contribution in [0.2, 0.25) is 0 Å². The van der Waals surface area contributed by atoms with E-state index >= 15 is 0 Å². The molecule has 5 unspecified atom stereocenters. The molecular weight excluding hydrogens is 506 g/mol. The molecule has 2 saturated heterocycles. The first-order chi connectivity index (χ1) is 12.8. The fourth-order valence-corrected chi connectivity index (χ4v) is 2.71. The molecule has 2 aliphatic heterocycles. The van der Waals surface area contributed by atoms with Crippen LogP contribution in [-0.2, 0) is 23.5 Å². The van der Waals surface area contributed by atoms with Gasteiger partial charge in [0.25, 0.3) is 0 Å². The summed E-state index contributed by atoms with van der Waals surface area (Å²) >= 11 is 0. The number of fused-ring (bicyclic) bond motifs is 1. The van der Waals surface area contributed by atoms with Crippen LogP contribution < -0.4 is 104 Å². The molecule has 0 aromatic heterocycles. The van der Waals surface area contributed by atoms with E-state index in [0.29, 0.717) is 6.61 Å². The monoisotopic (exact) mass is 533 g/mol. The number of ether oxygens (including phenoxy) is 4. The van der Waals surface area contributed by atoms with Crippen LogP contribution in [0.3, 0.4) is 0 Å². The van der Waals surface area contributed by atoms with Crippen molar-refractivity contribution in [3.8, 4) is 0 Å². The molecule has 0 bridgehead atoms. The van der Waals surface area contributed by atoms with Crippen LogP contribution in [0.15, 0.2) is 0 Å². The third-order valence-electron chi connectivity index (χ3n) is 3.88. The van der Waals surface area contributed by atoms with Crippen LogP contribution in [0, 0.1) is 0 Å². The van der Waals surface area contributed by atoms with Crippen molar-refractivity contribution in [2.45, 2.75) is 56.8 Å². The van der Waals surface area contributed by atoms with Gasteiger partial charge in [-0.3, -0.25) is 0 Å². The molecule has 0 aromatic rings. The van der Waals surface area contributed by atoms with Gasteiger partial charge in [-0.25, -0.2) is 0 Å². The van der Waals surface area contributed by atoms with Crippen LogP contribution in [0.25, 0.3) is 0 Å². The minimum absolute atomic E-state index is 0. The maximum Gasteiger partial charge on any atom is 1.00 e. The van der Waals surface area contributed by atoms with Crippen molar-refractivity contribution in [3.05, 3.63) is 0 Å². The molecule has 2 rings (SSSR count). The molecule has 174 valence electrons. The van der Waals surface area contributed by atoms with Gasteiger partial charge in [-0.1, -0.05) is 0 Å². The average Bonchev–Trinajstić information content (AvgIpc) is 3.02. The standard InChI is InChI=1S/C14H27NO6.CH3O5P.ClH.3Na/c1-14(2)20-12-11(18-7-5-6-15(3)4)10(9(17)8-16)19-13(12)21-14;2-1(3)7(4,5)6;;;;/h9-13,16-17H,5-8H2,1-4H3;(H,2,3)(H2,4,5,6);1H;;;/q;;;3*+1/p-3. The Morgan fingerprint density at radius 2 is 1.72 bits per heavy atom. The number of carboxylic acid groups (broad SMARTS) is 1. The van der Waals surface area contributed by atoms with Crippen molar-refractivity contribution >= 4 is 25.7 Å². The second kappa shape index (κ2) is 18.8. The summed E-state index contributed by atoms with van der Waals surface area (Å²) in [4.78, 5) is 29.4. The van der Waals surface area contributed by atoms with Crippen molar-refractivity contribution in [2.75, 3.05) is 33.9 Å². The van der Waals surface area contributed by atoms with Crippen molar-refractivity contribution in [1.29, 1.82) is 0 Å². The summed E-state index contributed by atoms with van der Waals surface area (Å²) in [6.45, 7) is 4.70. The van der Waals surface area contributed by atoms with E-state index in [1.807, 2.05) is 27.9 Å². The van der Waals surface area contributed by atoms with Gasteiger partial charge in [-0.2, -0.15) is 0 Å². The van der Waals surface area contributed by atoms with Gasteiger partial charge in [0, 0.05) is 6.61 Å². The SMILES string of the molecule is CN(C)CCCOC1C(C(O)CO)OC2OC(C)(C)OC21.Cl.O=C([O-])P(=O)([O-])[O-].[Na+].[Na+].[Na+]. The molecule has 0 amide bonds. The predicted octanol–water partition coefficient (Wildman–Crippen LogP) is -11.8. The van der Waals surface area contributed by atoms with Crippen LogP contribution in [-0.4, -0.2) is 91.2 Å². The molecule has 0 spiro atoms. The molecule has 0 saturated carbocycles. The van der Waals surface area contributed by atoms with Crippen LogP contribution in [0.5, 0.6) is 0 Å². The summed E-state index contributed by atoms with van der Waals surface area (Å²) in [6.07, 6.45) is -2.17. The average molecular weight is 534 g/mol. The van der Waals surface area contributed by atoms with Gasteiger partial charge < -0.3 is 58.3 Å². The van der Waals surface area contributed by atoms with Crippen LogP contribution >= 0.6 is 20.0 Å². The van der Waals surface area contributed by atoms with Crippen molar-refractivity contribution in [1.82, 2.24) is 4.90 Å². The maximum atomic E-state index is 9.88. The molecule has 17 heteroatoms. The summed E-state index contributed by atoms with van der Waals surface area (Å²) in [5, 5.41) is 28.1. The third kappa shape index (κ3) is 14.4. The number of aliphatic hydroxyl groups excluding tert-OH is 2. The van der Waals surface area contributed by atoms with E-state index in [4.69, 9.17) is 48.3 Å². The molecule has 2 heterocycles. The Bertz CT molecular complexity index is 573. The Hall–Kier alpha value is 2.63. The van der Waals surface area contributed by atoms with E-state index in [1.54, 1.807) is 0 Å².